The van der Waals surface area contributed by atoms with Gasteiger partial charge in [0.25, 0.3) is 0 Å². The maximum absolute atomic E-state index is 11.6. The molecule has 0 aliphatic carbocycles. The molecule has 1 heterocycles. The Bertz CT molecular complexity index is 539. The van der Waals surface area contributed by atoms with Crippen molar-refractivity contribution in [1.82, 2.24) is 4.98 Å². The Kier molecular flexibility index (Phi) is 3.64. The molecular weight excluding hydrogens is 216 g/mol. The molecule has 0 fully saturated rings. The maximum Gasteiger partial charge on any atom is 0.356 e. The van der Waals surface area contributed by atoms with E-state index in [9.17, 15) is 4.79 Å². The van der Waals surface area contributed by atoms with Gasteiger partial charge in [0.1, 0.15) is 6.07 Å². The van der Waals surface area contributed by atoms with Gasteiger partial charge in [-0.05, 0) is 37.5 Å². The topological polar surface area (TPSA) is 63.0 Å². The van der Waals surface area contributed by atoms with Crippen molar-refractivity contribution in [3.8, 4) is 6.07 Å². The number of carbonyl (C=O) groups excluding carboxylic acids is 1. The third-order valence-electron chi connectivity index (χ3n) is 2.65. The van der Waals surface area contributed by atoms with E-state index in [0.717, 1.165) is 5.56 Å². The normalized spacial score (nSPS) is 9.59. The third-order valence-corrected chi connectivity index (χ3v) is 2.65. The molecule has 0 amide bonds. The molecule has 1 rings (SSSR count). The van der Waals surface area contributed by atoms with Crippen LogP contribution in [0.5, 0.6) is 0 Å². The average Bonchev–Trinajstić information content (AvgIpc) is 2.30. The Morgan fingerprint density at radius 2 is 1.94 bits per heavy atom. The maximum atomic E-state index is 11.6. The smallest absolute Gasteiger partial charge is 0.356 e. The van der Waals surface area contributed by atoms with E-state index in [-0.39, 0.29) is 5.69 Å². The van der Waals surface area contributed by atoms with Crippen LogP contribution in [0.3, 0.4) is 0 Å². The fourth-order valence-corrected chi connectivity index (χ4v) is 1.54. The van der Waals surface area contributed by atoms with Crippen LogP contribution in [0.15, 0.2) is 6.58 Å². The highest BCUT2D eigenvalue weighted by molar-refractivity contribution is 5.90. The highest BCUT2D eigenvalue weighted by Crippen LogP contribution is 2.23. The van der Waals surface area contributed by atoms with Gasteiger partial charge >= 0.3 is 5.97 Å². The summed E-state index contributed by atoms with van der Waals surface area (Å²) < 4.78 is 4.67. The van der Waals surface area contributed by atoms with E-state index in [1.54, 1.807) is 20.8 Å². The number of nitriles is 1. The Balaban J connectivity index is 3.65. The number of carbonyl (C=O) groups is 1. The average molecular weight is 230 g/mol. The van der Waals surface area contributed by atoms with E-state index in [0.29, 0.717) is 22.4 Å². The zero-order chi connectivity index (χ0) is 13.2. The lowest BCUT2D eigenvalue weighted by Gasteiger charge is -2.12. The van der Waals surface area contributed by atoms with E-state index in [1.165, 1.54) is 7.11 Å². The second-order valence-corrected chi connectivity index (χ2v) is 3.82. The van der Waals surface area contributed by atoms with Gasteiger partial charge in [0, 0.05) is 0 Å². The predicted molar refractivity (Wildman–Crippen MR) is 64.5 cm³/mol. The van der Waals surface area contributed by atoms with Gasteiger partial charge < -0.3 is 4.74 Å². The molecule has 0 aliphatic heterocycles. The van der Waals surface area contributed by atoms with Crippen LogP contribution in [-0.4, -0.2) is 18.1 Å². The van der Waals surface area contributed by atoms with Gasteiger partial charge in [-0.3, -0.25) is 0 Å². The summed E-state index contributed by atoms with van der Waals surface area (Å²) in [5, 5.41) is 9.11. The molecule has 0 N–H and O–H groups in total. The number of rotatable bonds is 2. The largest absolute Gasteiger partial charge is 0.464 e. The minimum atomic E-state index is -0.502. The van der Waals surface area contributed by atoms with Crippen molar-refractivity contribution in [2.75, 3.05) is 7.11 Å². The molecule has 0 radical (unpaired) electrons. The lowest BCUT2D eigenvalue weighted by Crippen LogP contribution is -2.11. The minimum Gasteiger partial charge on any atom is -0.464 e. The van der Waals surface area contributed by atoms with Crippen LogP contribution in [0, 0.1) is 25.2 Å². The molecule has 0 aromatic carbocycles. The molecule has 0 atom stereocenters. The SMILES string of the molecule is C=C(C)c1nc(C(=O)OC)c(C)c(C)c1C#N. The fraction of sp³-hybridized carbons (Fsp3) is 0.308. The molecular formula is C13H14N2O2. The molecule has 0 saturated heterocycles. The first-order chi connectivity index (χ1) is 7.93. The summed E-state index contributed by atoms with van der Waals surface area (Å²) in [4.78, 5) is 15.7. The molecule has 0 spiro atoms. The number of nitrogens with zero attached hydrogens (tertiary/aromatic N) is 2. The molecule has 0 aliphatic rings. The Labute approximate surface area is 101 Å². The molecule has 17 heavy (non-hydrogen) atoms. The van der Waals surface area contributed by atoms with Gasteiger partial charge in [-0.15, -0.1) is 0 Å². The second kappa shape index (κ2) is 4.79. The van der Waals surface area contributed by atoms with Crippen LogP contribution in [0.2, 0.25) is 0 Å². The lowest BCUT2D eigenvalue weighted by molar-refractivity contribution is 0.0593. The zero-order valence-electron chi connectivity index (χ0n) is 10.4. The van der Waals surface area contributed by atoms with Crippen molar-refractivity contribution >= 4 is 11.5 Å². The predicted octanol–water partition coefficient (Wildman–Crippen LogP) is 2.39. The standard InChI is InChI=1S/C13H14N2O2/c1-7(2)11-10(6-14)8(3)9(4)12(15-11)13(16)17-5/h1H2,2-5H3. The van der Waals surface area contributed by atoms with Crippen LogP contribution < -0.4 is 0 Å². The summed E-state index contributed by atoms with van der Waals surface area (Å²) in [6.45, 7) is 9.05. The van der Waals surface area contributed by atoms with E-state index < -0.39 is 5.97 Å². The lowest BCUT2D eigenvalue weighted by atomic mass is 9.98. The Morgan fingerprint density at radius 1 is 1.35 bits per heavy atom. The molecule has 0 bridgehead atoms. The Morgan fingerprint density at radius 3 is 2.35 bits per heavy atom. The molecule has 1 aromatic heterocycles. The van der Waals surface area contributed by atoms with Crippen molar-refractivity contribution in [3.05, 3.63) is 34.7 Å². The summed E-state index contributed by atoms with van der Waals surface area (Å²) in [6, 6.07) is 2.09. The summed E-state index contributed by atoms with van der Waals surface area (Å²) in [5.41, 5.74) is 3.20. The first-order valence-electron chi connectivity index (χ1n) is 5.09. The fourth-order valence-electron chi connectivity index (χ4n) is 1.54. The van der Waals surface area contributed by atoms with Gasteiger partial charge in [-0.1, -0.05) is 6.58 Å². The van der Waals surface area contributed by atoms with E-state index in [1.807, 2.05) is 0 Å². The molecule has 0 unspecified atom stereocenters. The molecule has 1 aromatic rings. The highest BCUT2D eigenvalue weighted by atomic mass is 16.5. The third kappa shape index (κ3) is 2.18. The highest BCUT2D eigenvalue weighted by Gasteiger charge is 2.19. The number of pyridine rings is 1. The van der Waals surface area contributed by atoms with Crippen molar-refractivity contribution < 1.29 is 9.53 Å². The van der Waals surface area contributed by atoms with Gasteiger partial charge in [-0.25, -0.2) is 9.78 Å². The van der Waals surface area contributed by atoms with Crippen molar-refractivity contribution in [2.24, 2.45) is 0 Å². The molecule has 0 saturated carbocycles. The van der Waals surface area contributed by atoms with E-state index in [4.69, 9.17) is 5.26 Å². The van der Waals surface area contributed by atoms with Gasteiger partial charge in [0.2, 0.25) is 0 Å². The number of hydrogen-bond acceptors (Lipinski definition) is 4. The number of allylic oxidation sites excluding steroid dienone is 1. The van der Waals surface area contributed by atoms with Crippen molar-refractivity contribution in [3.63, 3.8) is 0 Å². The van der Waals surface area contributed by atoms with Crippen molar-refractivity contribution in [1.29, 1.82) is 5.26 Å². The number of ether oxygens (including phenoxy) is 1. The van der Waals surface area contributed by atoms with Crippen LogP contribution in [-0.2, 0) is 4.74 Å². The monoisotopic (exact) mass is 230 g/mol. The zero-order valence-corrected chi connectivity index (χ0v) is 10.4. The molecule has 4 heteroatoms. The summed E-state index contributed by atoms with van der Waals surface area (Å²) in [5.74, 6) is -0.502. The quantitative estimate of drug-likeness (QED) is 0.732. The van der Waals surface area contributed by atoms with Gasteiger partial charge in [0.05, 0.1) is 18.4 Å². The summed E-state index contributed by atoms with van der Waals surface area (Å²) >= 11 is 0. The van der Waals surface area contributed by atoms with Gasteiger partial charge in [-0.2, -0.15) is 5.26 Å². The number of aromatic nitrogens is 1. The van der Waals surface area contributed by atoms with Crippen LogP contribution in [0.4, 0.5) is 0 Å². The van der Waals surface area contributed by atoms with Crippen LogP contribution >= 0.6 is 0 Å². The summed E-state index contributed by atoms with van der Waals surface area (Å²) in [7, 11) is 1.30. The minimum absolute atomic E-state index is 0.238. The van der Waals surface area contributed by atoms with E-state index in [2.05, 4.69) is 22.4 Å². The molecule has 4 nitrogen and oxygen atoms in total. The number of esters is 1. The van der Waals surface area contributed by atoms with Crippen LogP contribution in [0.25, 0.3) is 5.57 Å². The van der Waals surface area contributed by atoms with Crippen LogP contribution in [0.1, 0.15) is 39.8 Å². The van der Waals surface area contributed by atoms with Crippen molar-refractivity contribution in [2.45, 2.75) is 20.8 Å². The number of hydrogen-bond donors (Lipinski definition) is 0. The number of methoxy groups -OCH3 is 1. The first-order valence-corrected chi connectivity index (χ1v) is 5.09. The second-order valence-electron chi connectivity index (χ2n) is 3.82. The summed E-state index contributed by atoms with van der Waals surface area (Å²) in [6.07, 6.45) is 0. The Hall–Kier alpha value is -2.15. The first kappa shape index (κ1) is 12.9. The molecule has 88 valence electrons. The van der Waals surface area contributed by atoms with E-state index >= 15 is 0 Å². The van der Waals surface area contributed by atoms with Gasteiger partial charge in [0.15, 0.2) is 5.69 Å².